The molecule has 0 aliphatic heterocycles. The minimum Gasteiger partial charge on any atom is -0.481 e. The Kier molecular flexibility index (Phi) is 6.50. The van der Waals surface area contributed by atoms with Gasteiger partial charge in [-0.25, -0.2) is 4.79 Å². The molecule has 2 atom stereocenters. The predicted octanol–water partition coefficient (Wildman–Crippen LogP) is 4.60. The van der Waals surface area contributed by atoms with Gasteiger partial charge in [-0.1, -0.05) is 61.4 Å². The van der Waals surface area contributed by atoms with Crippen molar-refractivity contribution in [2.45, 2.75) is 68.9 Å². The van der Waals surface area contributed by atoms with E-state index in [0.29, 0.717) is 32.1 Å². The Morgan fingerprint density at radius 1 is 0.943 bits per heavy atom. The monoisotopic (exact) mass is 476 g/mol. The number of hydrogen-bond acceptors (Lipinski definition) is 4. The van der Waals surface area contributed by atoms with Crippen LogP contribution in [0.15, 0.2) is 48.5 Å². The standard InChI is InChI=1S/C28H32N2O5/c31-25(32)16-28(13-5-6-14-28)30-26(33)18-11-12-19(15-18)29-27(34)35-17-24-22-9-3-1-7-20(22)21-8-2-4-10-23(21)24/h1-4,7-10,18-19,24H,5-6,11-17H2,(H,29,34)(H,30,33)(H,31,32). The van der Waals surface area contributed by atoms with Gasteiger partial charge < -0.3 is 20.5 Å². The number of benzene rings is 2. The number of rotatable bonds is 7. The van der Waals surface area contributed by atoms with Crippen LogP contribution in [0.4, 0.5) is 4.79 Å². The van der Waals surface area contributed by atoms with Crippen molar-refractivity contribution in [2.24, 2.45) is 5.92 Å². The second-order valence-electron chi connectivity index (χ2n) is 10.2. The van der Waals surface area contributed by atoms with E-state index in [1.807, 2.05) is 24.3 Å². The van der Waals surface area contributed by atoms with Crippen molar-refractivity contribution < 1.29 is 24.2 Å². The number of carbonyl (C=O) groups excluding carboxylic acids is 2. The van der Waals surface area contributed by atoms with Gasteiger partial charge in [-0.3, -0.25) is 9.59 Å². The molecule has 0 saturated heterocycles. The van der Waals surface area contributed by atoms with Crippen molar-refractivity contribution >= 4 is 18.0 Å². The molecule has 7 heteroatoms. The first-order valence-electron chi connectivity index (χ1n) is 12.6. The van der Waals surface area contributed by atoms with Gasteiger partial charge in [0.25, 0.3) is 0 Å². The fourth-order valence-electron chi connectivity index (χ4n) is 6.21. The number of carbonyl (C=O) groups is 3. The topological polar surface area (TPSA) is 105 Å². The third-order valence-electron chi connectivity index (χ3n) is 7.91. The van der Waals surface area contributed by atoms with Crippen LogP contribution >= 0.6 is 0 Å². The lowest BCUT2D eigenvalue weighted by molar-refractivity contribution is -0.139. The number of carboxylic acid groups (broad SMARTS) is 1. The number of aliphatic carboxylic acids is 1. The van der Waals surface area contributed by atoms with Gasteiger partial charge in [-0.15, -0.1) is 0 Å². The van der Waals surface area contributed by atoms with E-state index in [1.54, 1.807) is 0 Å². The maximum absolute atomic E-state index is 12.9. The van der Waals surface area contributed by atoms with Crippen LogP contribution < -0.4 is 10.6 Å². The Morgan fingerprint density at radius 2 is 1.57 bits per heavy atom. The highest BCUT2D eigenvalue weighted by molar-refractivity contribution is 5.81. The van der Waals surface area contributed by atoms with Gasteiger partial charge >= 0.3 is 12.1 Å². The Balaban J connectivity index is 1.14. The van der Waals surface area contributed by atoms with E-state index in [1.165, 1.54) is 22.3 Å². The van der Waals surface area contributed by atoms with Crippen molar-refractivity contribution in [3.05, 3.63) is 59.7 Å². The molecule has 2 saturated carbocycles. The smallest absolute Gasteiger partial charge is 0.407 e. The van der Waals surface area contributed by atoms with Gasteiger partial charge in [0, 0.05) is 17.9 Å². The van der Waals surface area contributed by atoms with Crippen LogP contribution in [-0.2, 0) is 14.3 Å². The van der Waals surface area contributed by atoms with Crippen LogP contribution in [-0.4, -0.2) is 41.3 Å². The highest BCUT2D eigenvalue weighted by Crippen LogP contribution is 2.44. The van der Waals surface area contributed by atoms with E-state index in [-0.39, 0.29) is 36.8 Å². The molecule has 0 spiro atoms. The van der Waals surface area contributed by atoms with Gasteiger partial charge in [0.05, 0.1) is 12.0 Å². The first-order chi connectivity index (χ1) is 16.9. The molecule has 0 aromatic heterocycles. The summed E-state index contributed by atoms with van der Waals surface area (Å²) >= 11 is 0. The number of carboxylic acids is 1. The van der Waals surface area contributed by atoms with Gasteiger partial charge in [-0.05, 0) is 54.4 Å². The summed E-state index contributed by atoms with van der Waals surface area (Å²) in [6, 6.07) is 16.3. The van der Waals surface area contributed by atoms with E-state index in [2.05, 4.69) is 34.9 Å². The molecule has 3 aliphatic carbocycles. The highest BCUT2D eigenvalue weighted by Gasteiger charge is 2.40. The van der Waals surface area contributed by atoms with Crippen molar-refractivity contribution in [1.29, 1.82) is 0 Å². The second-order valence-corrected chi connectivity index (χ2v) is 10.2. The van der Waals surface area contributed by atoms with Crippen molar-refractivity contribution in [2.75, 3.05) is 6.61 Å². The number of ether oxygens (including phenoxy) is 1. The minimum atomic E-state index is -0.881. The summed E-state index contributed by atoms with van der Waals surface area (Å²) < 4.78 is 5.65. The van der Waals surface area contributed by atoms with E-state index >= 15 is 0 Å². The summed E-state index contributed by atoms with van der Waals surface area (Å²) in [5, 5.41) is 15.3. The molecular weight excluding hydrogens is 444 g/mol. The molecule has 2 unspecified atom stereocenters. The van der Waals surface area contributed by atoms with Gasteiger partial charge in [0.2, 0.25) is 5.91 Å². The number of alkyl carbamates (subject to hydrolysis) is 1. The van der Waals surface area contributed by atoms with Crippen LogP contribution in [0.2, 0.25) is 0 Å². The van der Waals surface area contributed by atoms with Crippen LogP contribution in [0.1, 0.15) is 68.4 Å². The summed E-state index contributed by atoms with van der Waals surface area (Å²) in [5.74, 6) is -1.19. The second kappa shape index (κ2) is 9.72. The molecular formula is C28H32N2O5. The molecule has 35 heavy (non-hydrogen) atoms. The maximum Gasteiger partial charge on any atom is 0.407 e. The summed E-state index contributed by atoms with van der Waals surface area (Å²) in [6.07, 6.45) is 4.70. The molecule has 2 aromatic carbocycles. The van der Waals surface area contributed by atoms with Crippen LogP contribution in [0.25, 0.3) is 11.1 Å². The van der Waals surface area contributed by atoms with E-state index in [0.717, 1.165) is 12.8 Å². The Labute approximate surface area is 205 Å². The highest BCUT2D eigenvalue weighted by atomic mass is 16.5. The quantitative estimate of drug-likeness (QED) is 0.542. The minimum absolute atomic E-state index is 0.00657. The molecule has 0 heterocycles. The fraction of sp³-hybridized carbons (Fsp3) is 0.464. The average Bonchev–Trinajstić information content (AvgIpc) is 3.56. The molecule has 2 amide bonds. The number of nitrogens with one attached hydrogen (secondary N) is 2. The first-order valence-corrected chi connectivity index (χ1v) is 12.6. The van der Waals surface area contributed by atoms with Crippen molar-refractivity contribution in [3.63, 3.8) is 0 Å². The zero-order chi connectivity index (χ0) is 24.4. The number of amides is 2. The molecule has 7 nitrogen and oxygen atoms in total. The lowest BCUT2D eigenvalue weighted by Gasteiger charge is -2.30. The average molecular weight is 477 g/mol. The molecule has 2 aromatic rings. The van der Waals surface area contributed by atoms with Crippen LogP contribution in [0, 0.1) is 5.92 Å². The summed E-state index contributed by atoms with van der Waals surface area (Å²) in [6.45, 7) is 0.258. The van der Waals surface area contributed by atoms with Crippen molar-refractivity contribution in [1.82, 2.24) is 10.6 Å². The van der Waals surface area contributed by atoms with Gasteiger partial charge in [-0.2, -0.15) is 0 Å². The van der Waals surface area contributed by atoms with Crippen LogP contribution in [0.5, 0.6) is 0 Å². The molecule has 2 fully saturated rings. The normalized spacial score (nSPS) is 22.3. The maximum atomic E-state index is 12.9. The third kappa shape index (κ3) is 4.90. The lowest BCUT2D eigenvalue weighted by Crippen LogP contribution is -2.49. The Morgan fingerprint density at radius 3 is 2.20 bits per heavy atom. The number of hydrogen-bond donors (Lipinski definition) is 3. The van der Waals surface area contributed by atoms with Gasteiger partial charge in [0.15, 0.2) is 0 Å². The van der Waals surface area contributed by atoms with Crippen LogP contribution in [0.3, 0.4) is 0 Å². The zero-order valence-electron chi connectivity index (χ0n) is 19.8. The van der Waals surface area contributed by atoms with E-state index in [4.69, 9.17) is 4.74 Å². The Hall–Kier alpha value is -3.35. The summed E-state index contributed by atoms with van der Waals surface area (Å²) in [4.78, 5) is 36.8. The molecule has 0 radical (unpaired) electrons. The summed E-state index contributed by atoms with van der Waals surface area (Å²) in [5.41, 5.74) is 4.08. The van der Waals surface area contributed by atoms with Crippen molar-refractivity contribution in [3.8, 4) is 11.1 Å². The molecule has 3 N–H and O–H groups in total. The van der Waals surface area contributed by atoms with E-state index < -0.39 is 17.6 Å². The predicted molar refractivity (Wildman–Crippen MR) is 131 cm³/mol. The molecule has 3 aliphatic rings. The zero-order valence-corrected chi connectivity index (χ0v) is 19.8. The fourth-order valence-corrected chi connectivity index (χ4v) is 6.21. The molecule has 0 bridgehead atoms. The SMILES string of the molecule is O=C(O)CC1(NC(=O)C2CCC(NC(=O)OCC3c4ccccc4-c4ccccc43)C2)CCCC1. The Bertz CT molecular complexity index is 1080. The molecule has 184 valence electrons. The van der Waals surface area contributed by atoms with Gasteiger partial charge in [0.1, 0.15) is 6.61 Å². The first kappa shape index (κ1) is 23.4. The largest absolute Gasteiger partial charge is 0.481 e. The number of fused-ring (bicyclic) bond motifs is 3. The lowest BCUT2D eigenvalue weighted by atomic mass is 9.92. The molecule has 5 rings (SSSR count). The third-order valence-corrected chi connectivity index (χ3v) is 7.91. The van der Waals surface area contributed by atoms with E-state index in [9.17, 15) is 19.5 Å². The summed E-state index contributed by atoms with van der Waals surface area (Å²) in [7, 11) is 0.